The maximum Gasteiger partial charge on any atom is 0.153 e. The van der Waals surface area contributed by atoms with E-state index in [0.29, 0.717) is 11.8 Å². The summed E-state index contributed by atoms with van der Waals surface area (Å²) in [6, 6.07) is 13.0. The summed E-state index contributed by atoms with van der Waals surface area (Å²) < 4.78 is 5.22. The molecule has 152 valence electrons. The number of allylic oxidation sites excluding steroid dienone is 4. The molecule has 2 aromatic carbocycles. The van der Waals surface area contributed by atoms with E-state index in [0.717, 1.165) is 29.7 Å². The molecule has 0 bridgehead atoms. The van der Waals surface area contributed by atoms with Crippen molar-refractivity contribution in [3.05, 3.63) is 83.0 Å². The number of ether oxygens (including phenoxy) is 1. The molecule has 0 radical (unpaired) electrons. The molecule has 0 aliphatic carbocycles. The SMILES string of the molecule is COc1ccc(/C=C/[C@@](C)(/C=C/c2ccc(O)c(C=O)c2)CCC=C(C)C)cc1. The van der Waals surface area contributed by atoms with Gasteiger partial charge in [-0.2, -0.15) is 0 Å². The van der Waals surface area contributed by atoms with Crippen LogP contribution in [0.25, 0.3) is 12.2 Å². The number of rotatable bonds is 9. The zero-order valence-corrected chi connectivity index (χ0v) is 17.7. The van der Waals surface area contributed by atoms with Gasteiger partial charge in [-0.3, -0.25) is 4.79 Å². The molecule has 3 nitrogen and oxygen atoms in total. The lowest BCUT2D eigenvalue weighted by atomic mass is 9.83. The van der Waals surface area contributed by atoms with E-state index in [2.05, 4.69) is 45.1 Å². The zero-order chi connectivity index (χ0) is 21.3. The van der Waals surface area contributed by atoms with Crippen LogP contribution in [0.2, 0.25) is 0 Å². The normalized spacial score (nSPS) is 13.4. The van der Waals surface area contributed by atoms with Crippen molar-refractivity contribution in [1.82, 2.24) is 0 Å². The van der Waals surface area contributed by atoms with E-state index in [-0.39, 0.29) is 11.2 Å². The van der Waals surface area contributed by atoms with Gasteiger partial charge in [-0.15, -0.1) is 0 Å². The molecule has 1 atom stereocenters. The molecule has 0 aliphatic rings. The molecule has 1 N–H and O–H groups in total. The summed E-state index contributed by atoms with van der Waals surface area (Å²) in [5.41, 5.74) is 3.44. The summed E-state index contributed by atoms with van der Waals surface area (Å²) in [6.07, 6.45) is 13.4. The average molecular weight is 391 g/mol. The highest BCUT2D eigenvalue weighted by molar-refractivity contribution is 5.80. The Morgan fingerprint density at radius 2 is 1.66 bits per heavy atom. The molecule has 29 heavy (non-hydrogen) atoms. The van der Waals surface area contributed by atoms with Crippen LogP contribution in [0.3, 0.4) is 0 Å². The fraction of sp³-hybridized carbons (Fsp3) is 0.269. The minimum Gasteiger partial charge on any atom is -0.507 e. The maximum absolute atomic E-state index is 11.1. The summed E-state index contributed by atoms with van der Waals surface area (Å²) >= 11 is 0. The number of aldehydes is 1. The summed E-state index contributed by atoms with van der Waals surface area (Å²) in [4.78, 5) is 11.1. The second kappa shape index (κ2) is 10.5. The van der Waals surface area contributed by atoms with Gasteiger partial charge in [0.2, 0.25) is 0 Å². The van der Waals surface area contributed by atoms with Crippen molar-refractivity contribution in [3.63, 3.8) is 0 Å². The van der Waals surface area contributed by atoms with Crippen molar-refractivity contribution in [2.24, 2.45) is 5.41 Å². The van der Waals surface area contributed by atoms with Crippen LogP contribution in [-0.2, 0) is 0 Å². The molecule has 0 aromatic heterocycles. The quantitative estimate of drug-likeness (QED) is 0.383. The standard InChI is InChI=1S/C26H30O3/c1-20(2)6-5-15-26(3,16-13-21-7-10-24(29-4)11-8-21)17-14-22-9-12-25(28)23(18-22)19-27/h6-14,16-19,28H,5,15H2,1-4H3/b16-13+,17-14+/t26-/m0/s1. The molecule has 0 saturated carbocycles. The first-order valence-electron chi connectivity index (χ1n) is 9.79. The van der Waals surface area contributed by atoms with Gasteiger partial charge >= 0.3 is 0 Å². The smallest absolute Gasteiger partial charge is 0.153 e. The van der Waals surface area contributed by atoms with Gasteiger partial charge in [0.1, 0.15) is 11.5 Å². The van der Waals surface area contributed by atoms with E-state index >= 15 is 0 Å². The summed E-state index contributed by atoms with van der Waals surface area (Å²) in [6.45, 7) is 6.42. The zero-order valence-electron chi connectivity index (χ0n) is 17.7. The highest BCUT2D eigenvalue weighted by atomic mass is 16.5. The minimum absolute atomic E-state index is 0.00266. The van der Waals surface area contributed by atoms with E-state index in [9.17, 15) is 9.90 Å². The van der Waals surface area contributed by atoms with Crippen molar-refractivity contribution in [2.45, 2.75) is 33.6 Å². The van der Waals surface area contributed by atoms with E-state index in [4.69, 9.17) is 4.74 Å². The molecule has 0 heterocycles. The first kappa shape index (κ1) is 22.2. The van der Waals surface area contributed by atoms with E-state index in [1.165, 1.54) is 5.57 Å². The lowest BCUT2D eigenvalue weighted by Gasteiger charge is -2.21. The molecule has 3 heteroatoms. The number of methoxy groups -OCH3 is 1. The minimum atomic E-state index is -0.162. The number of carbonyl (C=O) groups excluding carboxylic acids is 1. The van der Waals surface area contributed by atoms with Crippen molar-refractivity contribution in [3.8, 4) is 11.5 Å². The van der Waals surface area contributed by atoms with Gasteiger partial charge in [-0.1, -0.05) is 61.1 Å². The molecule has 0 fully saturated rings. The fourth-order valence-electron chi connectivity index (χ4n) is 2.95. The van der Waals surface area contributed by atoms with Crippen molar-refractivity contribution in [2.75, 3.05) is 7.11 Å². The third-order valence-corrected chi connectivity index (χ3v) is 4.84. The third-order valence-electron chi connectivity index (χ3n) is 4.84. The van der Waals surface area contributed by atoms with Crippen molar-refractivity contribution >= 4 is 18.4 Å². The molecule has 0 amide bonds. The molecule has 2 aromatic rings. The lowest BCUT2D eigenvalue weighted by Crippen LogP contribution is -2.09. The van der Waals surface area contributed by atoms with Crippen LogP contribution < -0.4 is 4.74 Å². The Morgan fingerprint density at radius 3 is 2.24 bits per heavy atom. The second-order valence-electron chi connectivity index (χ2n) is 7.70. The van der Waals surface area contributed by atoms with Gasteiger partial charge in [-0.25, -0.2) is 0 Å². The van der Waals surface area contributed by atoms with Gasteiger partial charge in [-0.05, 0) is 62.1 Å². The first-order chi connectivity index (χ1) is 13.8. The van der Waals surface area contributed by atoms with Crippen LogP contribution in [-0.4, -0.2) is 18.5 Å². The summed E-state index contributed by atoms with van der Waals surface area (Å²) in [5, 5.41) is 9.70. The third kappa shape index (κ3) is 7.11. The number of carbonyl (C=O) groups is 1. The van der Waals surface area contributed by atoms with Gasteiger partial charge < -0.3 is 9.84 Å². The average Bonchev–Trinajstić information content (AvgIpc) is 2.72. The van der Waals surface area contributed by atoms with Crippen LogP contribution in [0.5, 0.6) is 11.5 Å². The van der Waals surface area contributed by atoms with E-state index < -0.39 is 0 Å². The summed E-state index contributed by atoms with van der Waals surface area (Å²) in [5.74, 6) is 0.842. The van der Waals surface area contributed by atoms with Crippen LogP contribution >= 0.6 is 0 Å². The monoisotopic (exact) mass is 390 g/mol. The Labute approximate surface area is 174 Å². The van der Waals surface area contributed by atoms with Crippen LogP contribution in [0.4, 0.5) is 0 Å². The largest absolute Gasteiger partial charge is 0.507 e. The Hall–Kier alpha value is -3.07. The highest BCUT2D eigenvalue weighted by Crippen LogP contribution is 2.30. The van der Waals surface area contributed by atoms with Crippen LogP contribution in [0.15, 0.2) is 66.3 Å². The molecule has 2 rings (SSSR count). The highest BCUT2D eigenvalue weighted by Gasteiger charge is 2.16. The Bertz CT molecular complexity index is 900. The Balaban J connectivity index is 2.27. The van der Waals surface area contributed by atoms with Gasteiger partial charge in [0.15, 0.2) is 6.29 Å². The topological polar surface area (TPSA) is 46.5 Å². The number of hydrogen-bond acceptors (Lipinski definition) is 3. The predicted octanol–water partition coefficient (Wildman–Crippen LogP) is 6.69. The van der Waals surface area contributed by atoms with Gasteiger partial charge in [0.05, 0.1) is 12.7 Å². The molecule has 0 unspecified atom stereocenters. The number of hydrogen-bond donors (Lipinski definition) is 1. The van der Waals surface area contributed by atoms with Crippen molar-refractivity contribution < 1.29 is 14.6 Å². The number of phenols is 1. The van der Waals surface area contributed by atoms with Gasteiger partial charge in [0, 0.05) is 5.41 Å². The molecular formula is C26H30O3. The number of aromatic hydroxyl groups is 1. The lowest BCUT2D eigenvalue weighted by molar-refractivity contribution is 0.112. The summed E-state index contributed by atoms with van der Waals surface area (Å²) in [7, 11) is 1.66. The van der Waals surface area contributed by atoms with E-state index in [1.807, 2.05) is 36.4 Å². The van der Waals surface area contributed by atoms with Gasteiger partial charge in [0.25, 0.3) is 0 Å². The Morgan fingerprint density at radius 1 is 1.03 bits per heavy atom. The Kier molecular flexibility index (Phi) is 8.02. The number of benzene rings is 2. The number of phenolic OH excluding ortho intramolecular Hbond substituents is 1. The predicted molar refractivity (Wildman–Crippen MR) is 121 cm³/mol. The van der Waals surface area contributed by atoms with Crippen molar-refractivity contribution in [1.29, 1.82) is 0 Å². The molecule has 0 aliphatic heterocycles. The van der Waals surface area contributed by atoms with E-state index in [1.54, 1.807) is 19.2 Å². The maximum atomic E-state index is 11.1. The van der Waals surface area contributed by atoms with Crippen LogP contribution in [0, 0.1) is 5.41 Å². The molecule has 0 spiro atoms. The molecule has 0 saturated heterocycles. The van der Waals surface area contributed by atoms with Crippen LogP contribution in [0.1, 0.15) is 55.1 Å². The molecular weight excluding hydrogens is 360 g/mol. The fourth-order valence-corrected chi connectivity index (χ4v) is 2.95. The second-order valence-corrected chi connectivity index (χ2v) is 7.70. The first-order valence-corrected chi connectivity index (χ1v) is 9.79.